The highest BCUT2D eigenvalue weighted by Crippen LogP contribution is 2.21. The smallest absolute Gasteiger partial charge is 0.305 e. The third kappa shape index (κ3) is 3.57. The first-order chi connectivity index (χ1) is 9.99. The summed E-state index contributed by atoms with van der Waals surface area (Å²) in [5.41, 5.74) is 1.29. The van der Waals surface area contributed by atoms with Gasteiger partial charge in [0.2, 0.25) is 5.82 Å². The second-order valence-electron chi connectivity index (χ2n) is 4.56. The van der Waals surface area contributed by atoms with E-state index in [0.29, 0.717) is 12.6 Å². The SMILES string of the molecule is Cc1cnccc1CNCc1cc([N+](=O)[O-])c(F)cc1F. The van der Waals surface area contributed by atoms with Crippen LogP contribution in [0.2, 0.25) is 0 Å². The molecule has 0 aliphatic heterocycles. The number of aromatic nitrogens is 1. The van der Waals surface area contributed by atoms with Crippen molar-refractivity contribution in [3.63, 3.8) is 0 Å². The molecule has 0 amide bonds. The maximum absolute atomic E-state index is 13.6. The standard InChI is InChI=1S/C14H13F2N3O2/c1-9-6-17-3-2-10(9)7-18-8-11-4-14(19(20)21)13(16)5-12(11)15/h2-6,18H,7-8H2,1H3. The Morgan fingerprint density at radius 2 is 1.95 bits per heavy atom. The fourth-order valence-corrected chi connectivity index (χ4v) is 1.89. The summed E-state index contributed by atoms with van der Waals surface area (Å²) in [6.45, 7) is 2.42. The minimum Gasteiger partial charge on any atom is -0.308 e. The van der Waals surface area contributed by atoms with Crippen molar-refractivity contribution in [3.05, 3.63) is 69.0 Å². The van der Waals surface area contributed by atoms with Gasteiger partial charge in [0.05, 0.1) is 4.92 Å². The molecule has 1 aromatic carbocycles. The first kappa shape index (κ1) is 15.0. The minimum atomic E-state index is -1.17. The van der Waals surface area contributed by atoms with Crippen LogP contribution in [0.25, 0.3) is 0 Å². The highest BCUT2D eigenvalue weighted by atomic mass is 19.1. The third-order valence-corrected chi connectivity index (χ3v) is 3.08. The Morgan fingerprint density at radius 3 is 2.62 bits per heavy atom. The maximum atomic E-state index is 13.6. The molecule has 0 radical (unpaired) electrons. The topological polar surface area (TPSA) is 68.1 Å². The first-order valence-electron chi connectivity index (χ1n) is 6.21. The molecule has 21 heavy (non-hydrogen) atoms. The molecule has 0 atom stereocenters. The average Bonchev–Trinajstić information content (AvgIpc) is 2.42. The van der Waals surface area contributed by atoms with Crippen molar-refractivity contribution in [2.45, 2.75) is 20.0 Å². The number of benzene rings is 1. The van der Waals surface area contributed by atoms with Crippen molar-refractivity contribution < 1.29 is 13.7 Å². The molecule has 0 aliphatic rings. The third-order valence-electron chi connectivity index (χ3n) is 3.08. The van der Waals surface area contributed by atoms with Crippen LogP contribution < -0.4 is 5.32 Å². The molecular weight excluding hydrogens is 280 g/mol. The molecule has 0 fully saturated rings. The second kappa shape index (κ2) is 6.36. The molecule has 1 aromatic heterocycles. The fraction of sp³-hybridized carbons (Fsp3) is 0.214. The van der Waals surface area contributed by atoms with E-state index in [1.807, 2.05) is 13.0 Å². The molecule has 2 rings (SSSR count). The van der Waals surface area contributed by atoms with E-state index in [2.05, 4.69) is 10.3 Å². The van der Waals surface area contributed by atoms with Gasteiger partial charge in [-0.1, -0.05) is 0 Å². The zero-order valence-corrected chi connectivity index (χ0v) is 11.3. The number of rotatable bonds is 5. The Labute approximate surface area is 119 Å². The first-order valence-corrected chi connectivity index (χ1v) is 6.21. The number of hydrogen-bond donors (Lipinski definition) is 1. The zero-order valence-electron chi connectivity index (χ0n) is 11.3. The molecule has 0 saturated heterocycles. The van der Waals surface area contributed by atoms with E-state index >= 15 is 0 Å². The van der Waals surface area contributed by atoms with Crippen LogP contribution in [-0.2, 0) is 13.1 Å². The van der Waals surface area contributed by atoms with Crippen LogP contribution in [0.4, 0.5) is 14.5 Å². The van der Waals surface area contributed by atoms with Crippen LogP contribution in [0.5, 0.6) is 0 Å². The normalized spacial score (nSPS) is 10.6. The lowest BCUT2D eigenvalue weighted by Gasteiger charge is -2.08. The molecule has 5 nitrogen and oxygen atoms in total. The number of nitro benzene ring substituents is 1. The zero-order chi connectivity index (χ0) is 15.4. The molecule has 0 unspecified atom stereocenters. The highest BCUT2D eigenvalue weighted by molar-refractivity contribution is 5.37. The van der Waals surface area contributed by atoms with Gasteiger partial charge >= 0.3 is 5.69 Å². The van der Waals surface area contributed by atoms with Crippen LogP contribution >= 0.6 is 0 Å². The lowest BCUT2D eigenvalue weighted by atomic mass is 10.1. The Kier molecular flexibility index (Phi) is 4.54. The number of aryl methyl sites for hydroxylation is 1. The lowest BCUT2D eigenvalue weighted by molar-refractivity contribution is -0.387. The van der Waals surface area contributed by atoms with Crippen LogP contribution in [0.3, 0.4) is 0 Å². The number of nitrogens with zero attached hydrogens (tertiary/aromatic N) is 2. The van der Waals surface area contributed by atoms with Gasteiger partial charge in [0, 0.05) is 43.2 Å². The number of pyridine rings is 1. The number of nitrogens with one attached hydrogen (secondary N) is 1. The van der Waals surface area contributed by atoms with Gasteiger partial charge in [-0.25, -0.2) is 4.39 Å². The summed E-state index contributed by atoms with van der Waals surface area (Å²) in [6, 6.07) is 3.27. The molecule has 0 spiro atoms. The second-order valence-corrected chi connectivity index (χ2v) is 4.56. The quantitative estimate of drug-likeness (QED) is 0.680. The molecule has 2 aromatic rings. The van der Waals surface area contributed by atoms with Crippen molar-refractivity contribution in [2.75, 3.05) is 0 Å². The van der Waals surface area contributed by atoms with E-state index in [0.717, 1.165) is 17.2 Å². The fourth-order valence-electron chi connectivity index (χ4n) is 1.89. The molecule has 0 aliphatic carbocycles. The Bertz CT molecular complexity index is 677. The van der Waals surface area contributed by atoms with Crippen LogP contribution in [-0.4, -0.2) is 9.91 Å². The monoisotopic (exact) mass is 293 g/mol. The maximum Gasteiger partial charge on any atom is 0.305 e. The number of nitro groups is 1. The van der Waals surface area contributed by atoms with Crippen molar-refractivity contribution >= 4 is 5.69 Å². The van der Waals surface area contributed by atoms with E-state index in [1.54, 1.807) is 12.4 Å². The predicted molar refractivity (Wildman–Crippen MR) is 72.5 cm³/mol. The van der Waals surface area contributed by atoms with Gasteiger partial charge in [0.25, 0.3) is 0 Å². The van der Waals surface area contributed by atoms with E-state index in [9.17, 15) is 18.9 Å². The summed E-state index contributed by atoms with van der Waals surface area (Å²) in [5.74, 6) is -1.98. The molecule has 1 N–H and O–H groups in total. The minimum absolute atomic E-state index is 0.0507. The number of hydrogen-bond acceptors (Lipinski definition) is 4. The summed E-state index contributed by atoms with van der Waals surface area (Å²) in [6.07, 6.45) is 3.35. The van der Waals surface area contributed by atoms with Crippen LogP contribution in [0.1, 0.15) is 16.7 Å². The highest BCUT2D eigenvalue weighted by Gasteiger charge is 2.18. The summed E-state index contributed by atoms with van der Waals surface area (Å²) in [4.78, 5) is 13.7. The van der Waals surface area contributed by atoms with E-state index in [-0.39, 0.29) is 12.1 Å². The molecule has 7 heteroatoms. The van der Waals surface area contributed by atoms with Crippen LogP contribution in [0.15, 0.2) is 30.6 Å². The van der Waals surface area contributed by atoms with Gasteiger partial charge in [0.15, 0.2) is 0 Å². The van der Waals surface area contributed by atoms with Gasteiger partial charge in [-0.3, -0.25) is 15.1 Å². The van der Waals surface area contributed by atoms with E-state index < -0.39 is 22.2 Å². The Morgan fingerprint density at radius 1 is 1.24 bits per heavy atom. The Balaban J connectivity index is 2.08. The molecule has 0 saturated carbocycles. The average molecular weight is 293 g/mol. The largest absolute Gasteiger partial charge is 0.308 e. The van der Waals surface area contributed by atoms with Crippen molar-refractivity contribution in [3.8, 4) is 0 Å². The lowest BCUT2D eigenvalue weighted by Crippen LogP contribution is -2.15. The summed E-state index contributed by atoms with van der Waals surface area (Å²) < 4.78 is 26.8. The van der Waals surface area contributed by atoms with Crippen molar-refractivity contribution in [1.29, 1.82) is 0 Å². The van der Waals surface area contributed by atoms with Gasteiger partial charge in [0.1, 0.15) is 5.82 Å². The van der Waals surface area contributed by atoms with E-state index in [1.165, 1.54) is 0 Å². The van der Waals surface area contributed by atoms with E-state index in [4.69, 9.17) is 0 Å². The van der Waals surface area contributed by atoms with Gasteiger partial charge < -0.3 is 5.32 Å². The Hall–Kier alpha value is -2.41. The summed E-state index contributed by atoms with van der Waals surface area (Å²) in [5, 5.41) is 13.6. The van der Waals surface area contributed by atoms with Crippen molar-refractivity contribution in [1.82, 2.24) is 10.3 Å². The summed E-state index contributed by atoms with van der Waals surface area (Å²) in [7, 11) is 0. The van der Waals surface area contributed by atoms with Crippen molar-refractivity contribution in [2.24, 2.45) is 0 Å². The molecule has 0 bridgehead atoms. The van der Waals surface area contributed by atoms with Gasteiger partial charge in [-0.2, -0.15) is 4.39 Å². The molecular formula is C14H13F2N3O2. The molecule has 110 valence electrons. The van der Waals surface area contributed by atoms with Gasteiger partial charge in [-0.05, 0) is 24.1 Å². The van der Waals surface area contributed by atoms with Gasteiger partial charge in [-0.15, -0.1) is 0 Å². The molecule has 1 heterocycles. The predicted octanol–water partition coefficient (Wildman–Crippen LogP) is 2.87. The van der Waals surface area contributed by atoms with Crippen LogP contribution in [0, 0.1) is 28.7 Å². The summed E-state index contributed by atoms with van der Waals surface area (Å²) >= 11 is 0. The number of halogens is 2.